The zero-order chi connectivity index (χ0) is 24.4. The third-order valence-corrected chi connectivity index (χ3v) is 7.59. The maximum absolute atomic E-state index is 14.7. The van der Waals surface area contributed by atoms with Gasteiger partial charge in [-0.25, -0.2) is 12.8 Å². The van der Waals surface area contributed by atoms with Gasteiger partial charge < -0.3 is 5.32 Å². The van der Waals surface area contributed by atoms with Crippen LogP contribution in [0.4, 0.5) is 10.1 Å². The molecule has 2 aromatic carbocycles. The van der Waals surface area contributed by atoms with Crippen LogP contribution in [0.1, 0.15) is 32.8 Å². The fourth-order valence-electron chi connectivity index (χ4n) is 3.87. The van der Waals surface area contributed by atoms with Crippen LogP contribution in [0.25, 0.3) is 0 Å². The Morgan fingerprint density at radius 3 is 2.39 bits per heavy atom. The molecule has 7 nitrogen and oxygen atoms in total. The number of piperazine rings is 1. The molecule has 0 spiro atoms. The minimum atomic E-state index is -4.05. The molecule has 1 atom stereocenters. The molecule has 33 heavy (non-hydrogen) atoms. The van der Waals surface area contributed by atoms with Crippen LogP contribution in [-0.4, -0.2) is 49.7 Å². The topological polar surface area (TPSA) is 86.8 Å². The number of benzene rings is 2. The number of aryl methyl sites for hydroxylation is 1. The summed E-state index contributed by atoms with van der Waals surface area (Å²) in [5.41, 5.74) is -0.813. The molecule has 0 unspecified atom stereocenters. The van der Waals surface area contributed by atoms with E-state index in [2.05, 4.69) is 5.32 Å². The van der Waals surface area contributed by atoms with Crippen LogP contribution in [-0.2, 0) is 19.6 Å². The molecule has 0 bridgehead atoms. The zero-order valence-corrected chi connectivity index (χ0v) is 20.2. The van der Waals surface area contributed by atoms with Gasteiger partial charge in [-0.05, 0) is 50.5 Å². The Labute approximate surface area is 194 Å². The number of carbonyl (C=O) groups is 2. The number of nitrogens with one attached hydrogen (secondary N) is 1. The van der Waals surface area contributed by atoms with Crippen molar-refractivity contribution in [1.82, 2.24) is 9.62 Å². The van der Waals surface area contributed by atoms with E-state index in [1.807, 2.05) is 20.8 Å². The van der Waals surface area contributed by atoms with Crippen molar-refractivity contribution in [3.05, 3.63) is 59.9 Å². The third kappa shape index (κ3) is 5.09. The summed E-state index contributed by atoms with van der Waals surface area (Å²) in [5.74, 6) is -1.54. The van der Waals surface area contributed by atoms with Crippen molar-refractivity contribution in [2.24, 2.45) is 5.92 Å². The van der Waals surface area contributed by atoms with Crippen molar-refractivity contribution in [3.63, 3.8) is 0 Å². The summed E-state index contributed by atoms with van der Waals surface area (Å²) in [5, 5.41) is 2.81. The van der Waals surface area contributed by atoms with Crippen LogP contribution in [0.2, 0.25) is 0 Å². The monoisotopic (exact) mass is 475 g/mol. The fraction of sp³-hybridized carbons (Fsp3) is 0.417. The fourth-order valence-corrected chi connectivity index (χ4v) is 5.35. The molecule has 2 aromatic rings. The Morgan fingerprint density at radius 1 is 1.15 bits per heavy atom. The summed E-state index contributed by atoms with van der Waals surface area (Å²) in [6.45, 7) is 6.88. The highest BCUT2D eigenvalue weighted by atomic mass is 32.2. The molecule has 0 aliphatic carbocycles. The summed E-state index contributed by atoms with van der Waals surface area (Å²) in [6.07, 6.45) is 0.709. The predicted octanol–water partition coefficient (Wildman–Crippen LogP) is 3.09. The quantitative estimate of drug-likeness (QED) is 0.667. The molecule has 0 saturated carbocycles. The molecule has 0 aromatic heterocycles. The number of halogens is 1. The van der Waals surface area contributed by atoms with Gasteiger partial charge in [0.05, 0.1) is 17.1 Å². The van der Waals surface area contributed by atoms with E-state index in [0.29, 0.717) is 18.9 Å². The van der Waals surface area contributed by atoms with Crippen LogP contribution in [0.5, 0.6) is 0 Å². The number of sulfonamides is 1. The van der Waals surface area contributed by atoms with Crippen molar-refractivity contribution < 1.29 is 22.4 Å². The first kappa shape index (κ1) is 24.9. The van der Waals surface area contributed by atoms with Gasteiger partial charge in [0.15, 0.2) is 0 Å². The molecule has 1 aliphatic heterocycles. The first-order valence-corrected chi connectivity index (χ1v) is 12.3. The Balaban J connectivity index is 2.02. The SMILES string of the molecule is Cc1ccc(S(=O)(=O)N2CC(=O)N(c3ccccc3F)[C@@](C)(C(=O)NCCC(C)C)C2)cc1. The predicted molar refractivity (Wildman–Crippen MR) is 125 cm³/mol. The van der Waals surface area contributed by atoms with E-state index in [1.54, 1.807) is 18.2 Å². The number of hydrogen-bond acceptors (Lipinski definition) is 4. The molecular formula is C24H30FN3O4S. The van der Waals surface area contributed by atoms with Crippen LogP contribution in [0.15, 0.2) is 53.4 Å². The first-order chi connectivity index (χ1) is 15.5. The number of nitrogens with zero attached hydrogens (tertiary/aromatic N) is 2. The van der Waals surface area contributed by atoms with Gasteiger partial charge in [0, 0.05) is 13.1 Å². The molecule has 9 heteroatoms. The molecule has 2 amide bonds. The normalized spacial score (nSPS) is 19.7. The first-order valence-electron chi connectivity index (χ1n) is 10.9. The molecule has 1 aliphatic rings. The Hall–Kier alpha value is -2.78. The average Bonchev–Trinajstić information content (AvgIpc) is 2.74. The van der Waals surface area contributed by atoms with Crippen LogP contribution >= 0.6 is 0 Å². The molecule has 178 valence electrons. The van der Waals surface area contributed by atoms with Crippen LogP contribution < -0.4 is 10.2 Å². The van der Waals surface area contributed by atoms with E-state index in [4.69, 9.17) is 0 Å². The van der Waals surface area contributed by atoms with E-state index < -0.39 is 39.7 Å². The van der Waals surface area contributed by atoms with Crippen molar-refractivity contribution in [3.8, 4) is 0 Å². The van der Waals surface area contributed by atoms with E-state index in [1.165, 1.54) is 37.3 Å². The summed E-state index contributed by atoms with van der Waals surface area (Å²) in [6, 6.07) is 12.0. The summed E-state index contributed by atoms with van der Waals surface area (Å²) in [4.78, 5) is 27.7. The van der Waals surface area contributed by atoms with Gasteiger partial charge in [0.1, 0.15) is 11.4 Å². The van der Waals surface area contributed by atoms with Crippen molar-refractivity contribution in [2.45, 2.75) is 44.6 Å². The lowest BCUT2D eigenvalue weighted by Gasteiger charge is -2.46. The minimum Gasteiger partial charge on any atom is -0.354 e. The van der Waals surface area contributed by atoms with E-state index >= 15 is 0 Å². The van der Waals surface area contributed by atoms with Crippen molar-refractivity contribution in [1.29, 1.82) is 0 Å². The molecule has 1 fully saturated rings. The largest absolute Gasteiger partial charge is 0.354 e. The van der Waals surface area contributed by atoms with Gasteiger partial charge in [-0.2, -0.15) is 4.31 Å². The Bertz CT molecular complexity index is 1130. The molecular weight excluding hydrogens is 445 g/mol. The minimum absolute atomic E-state index is 0.0304. The maximum atomic E-state index is 14.7. The number of hydrogen-bond donors (Lipinski definition) is 1. The van der Waals surface area contributed by atoms with Crippen LogP contribution in [0, 0.1) is 18.7 Å². The highest BCUT2D eigenvalue weighted by Gasteiger charge is 2.51. The number of anilines is 1. The van der Waals surface area contributed by atoms with Gasteiger partial charge in [-0.3, -0.25) is 14.5 Å². The number of para-hydroxylation sites is 1. The third-order valence-electron chi connectivity index (χ3n) is 5.79. The van der Waals surface area contributed by atoms with E-state index in [-0.39, 0.29) is 17.1 Å². The van der Waals surface area contributed by atoms with Gasteiger partial charge in [-0.15, -0.1) is 0 Å². The van der Waals surface area contributed by atoms with Gasteiger partial charge in [0.25, 0.3) is 0 Å². The lowest BCUT2D eigenvalue weighted by Crippen LogP contribution is -2.70. The maximum Gasteiger partial charge on any atom is 0.247 e. The molecule has 0 radical (unpaired) electrons. The van der Waals surface area contributed by atoms with E-state index in [9.17, 15) is 22.4 Å². The van der Waals surface area contributed by atoms with Crippen molar-refractivity contribution in [2.75, 3.05) is 24.5 Å². The number of carbonyl (C=O) groups excluding carboxylic acids is 2. The average molecular weight is 476 g/mol. The van der Waals surface area contributed by atoms with E-state index in [0.717, 1.165) is 14.8 Å². The molecule has 1 N–H and O–H groups in total. The highest BCUT2D eigenvalue weighted by Crippen LogP contribution is 2.33. The second-order valence-electron chi connectivity index (χ2n) is 8.98. The highest BCUT2D eigenvalue weighted by molar-refractivity contribution is 7.89. The standard InChI is InChI=1S/C24H30FN3O4S/c1-17(2)13-14-26-23(30)24(4)16-27(33(31,32)19-11-9-18(3)10-12-19)15-22(29)28(24)21-8-6-5-7-20(21)25/h5-12,17H,13-16H2,1-4H3,(H,26,30)/t24-/m1/s1. The smallest absolute Gasteiger partial charge is 0.247 e. The number of rotatable bonds is 7. The van der Waals surface area contributed by atoms with Crippen LogP contribution in [0.3, 0.4) is 0 Å². The summed E-state index contributed by atoms with van der Waals surface area (Å²) in [7, 11) is -4.05. The second kappa shape index (κ2) is 9.61. The zero-order valence-electron chi connectivity index (χ0n) is 19.3. The summed E-state index contributed by atoms with van der Waals surface area (Å²) < 4.78 is 42.3. The summed E-state index contributed by atoms with van der Waals surface area (Å²) >= 11 is 0. The lowest BCUT2D eigenvalue weighted by atomic mass is 9.94. The molecule has 3 rings (SSSR count). The Morgan fingerprint density at radius 2 is 1.79 bits per heavy atom. The van der Waals surface area contributed by atoms with Gasteiger partial charge >= 0.3 is 0 Å². The Kier molecular flexibility index (Phi) is 7.23. The lowest BCUT2D eigenvalue weighted by molar-refractivity contribution is -0.133. The molecule has 1 heterocycles. The van der Waals surface area contributed by atoms with Gasteiger partial charge in [-0.1, -0.05) is 43.7 Å². The molecule has 1 saturated heterocycles. The van der Waals surface area contributed by atoms with Gasteiger partial charge in [0.2, 0.25) is 21.8 Å². The number of amides is 2. The second-order valence-corrected chi connectivity index (χ2v) is 10.9. The van der Waals surface area contributed by atoms with Crippen molar-refractivity contribution >= 4 is 27.5 Å².